The molecule has 7 nitrogen and oxygen atoms in total. The van der Waals surface area contributed by atoms with E-state index in [0.717, 1.165) is 5.56 Å². The fourth-order valence-electron chi connectivity index (χ4n) is 4.49. The van der Waals surface area contributed by atoms with E-state index in [4.69, 9.17) is 0 Å². The minimum Gasteiger partial charge on any atom is -0.349 e. The summed E-state index contributed by atoms with van der Waals surface area (Å²) < 4.78 is 42.7. The zero-order valence-electron chi connectivity index (χ0n) is 21.2. The molecule has 3 aromatic carbocycles. The molecule has 0 bridgehead atoms. The van der Waals surface area contributed by atoms with Crippen molar-refractivity contribution in [2.75, 3.05) is 18.4 Å². The minimum absolute atomic E-state index is 0.0872. The Balaban J connectivity index is 1.32. The molecular formula is C28H28Br2FN3O4S. The number of carbonyl (C=O) groups is 2. The van der Waals surface area contributed by atoms with Crippen molar-refractivity contribution in [3.8, 4) is 0 Å². The lowest BCUT2D eigenvalue weighted by Gasteiger charge is -2.31. The number of benzene rings is 3. The van der Waals surface area contributed by atoms with Crippen molar-refractivity contribution in [1.29, 1.82) is 0 Å². The molecule has 2 N–H and O–H groups in total. The summed E-state index contributed by atoms with van der Waals surface area (Å²) in [5.41, 5.74) is 1.66. The molecule has 2 amide bonds. The fourth-order valence-corrected chi connectivity index (χ4v) is 7.43. The van der Waals surface area contributed by atoms with Gasteiger partial charge in [0.2, 0.25) is 21.8 Å². The van der Waals surface area contributed by atoms with Gasteiger partial charge in [-0.2, -0.15) is 4.31 Å². The van der Waals surface area contributed by atoms with Crippen LogP contribution in [0.5, 0.6) is 0 Å². The van der Waals surface area contributed by atoms with Gasteiger partial charge in [0.05, 0.1) is 17.4 Å². The minimum atomic E-state index is -3.70. The van der Waals surface area contributed by atoms with Crippen LogP contribution in [0.1, 0.15) is 36.9 Å². The van der Waals surface area contributed by atoms with Crippen LogP contribution in [0.2, 0.25) is 0 Å². The van der Waals surface area contributed by atoms with Crippen LogP contribution in [-0.2, 0) is 26.0 Å². The number of piperidine rings is 1. The van der Waals surface area contributed by atoms with Crippen LogP contribution in [0.3, 0.4) is 0 Å². The van der Waals surface area contributed by atoms with Gasteiger partial charge in [0.15, 0.2) is 0 Å². The Bertz CT molecular complexity index is 1480. The van der Waals surface area contributed by atoms with Gasteiger partial charge < -0.3 is 10.6 Å². The molecule has 0 aromatic heterocycles. The van der Waals surface area contributed by atoms with E-state index in [1.165, 1.54) is 10.4 Å². The van der Waals surface area contributed by atoms with E-state index in [1.807, 2.05) is 13.0 Å². The predicted molar refractivity (Wildman–Crippen MR) is 155 cm³/mol. The van der Waals surface area contributed by atoms with Crippen molar-refractivity contribution in [2.45, 2.75) is 37.1 Å². The van der Waals surface area contributed by atoms with Crippen LogP contribution in [-0.4, -0.2) is 37.6 Å². The first-order chi connectivity index (χ1) is 18.5. The number of rotatable bonds is 8. The smallest absolute Gasteiger partial charge is 0.244 e. The summed E-state index contributed by atoms with van der Waals surface area (Å²) in [6, 6.07) is 18.0. The molecule has 0 radical (unpaired) electrons. The Morgan fingerprint density at radius 1 is 1.03 bits per heavy atom. The largest absolute Gasteiger partial charge is 0.349 e. The molecule has 206 valence electrons. The molecule has 0 spiro atoms. The van der Waals surface area contributed by atoms with Crippen LogP contribution in [0.25, 0.3) is 0 Å². The number of nitrogens with zero attached hydrogens (tertiary/aromatic N) is 1. The zero-order valence-corrected chi connectivity index (χ0v) is 25.2. The monoisotopic (exact) mass is 679 g/mol. The number of hydrogen-bond donors (Lipinski definition) is 2. The van der Waals surface area contributed by atoms with E-state index in [-0.39, 0.29) is 48.2 Å². The Labute approximate surface area is 244 Å². The number of hydrogen-bond acceptors (Lipinski definition) is 4. The van der Waals surface area contributed by atoms with E-state index in [9.17, 15) is 22.4 Å². The molecular weight excluding hydrogens is 653 g/mol. The summed E-state index contributed by atoms with van der Waals surface area (Å²) >= 11 is 6.65. The maximum atomic E-state index is 13.9. The van der Waals surface area contributed by atoms with Crippen molar-refractivity contribution < 1.29 is 22.4 Å². The van der Waals surface area contributed by atoms with Crippen LogP contribution in [0, 0.1) is 11.7 Å². The maximum Gasteiger partial charge on any atom is 0.244 e. The number of halogens is 3. The van der Waals surface area contributed by atoms with E-state index >= 15 is 0 Å². The predicted octanol–water partition coefficient (Wildman–Crippen LogP) is 5.81. The van der Waals surface area contributed by atoms with Crippen molar-refractivity contribution in [3.05, 3.63) is 92.6 Å². The fraction of sp³-hybridized carbons (Fsp3) is 0.286. The average molecular weight is 681 g/mol. The highest BCUT2D eigenvalue weighted by molar-refractivity contribution is 9.11. The quantitative estimate of drug-likeness (QED) is 0.314. The maximum absolute atomic E-state index is 13.9. The van der Waals surface area contributed by atoms with Gasteiger partial charge in [-0.05, 0) is 83.2 Å². The molecule has 1 atom stereocenters. The van der Waals surface area contributed by atoms with Crippen molar-refractivity contribution in [2.24, 2.45) is 5.92 Å². The van der Waals surface area contributed by atoms with Gasteiger partial charge in [-0.3, -0.25) is 9.59 Å². The topological polar surface area (TPSA) is 95.6 Å². The van der Waals surface area contributed by atoms with Gasteiger partial charge >= 0.3 is 0 Å². The second-order valence-electron chi connectivity index (χ2n) is 9.43. The van der Waals surface area contributed by atoms with Crippen molar-refractivity contribution in [3.63, 3.8) is 0 Å². The highest BCUT2D eigenvalue weighted by Gasteiger charge is 2.33. The van der Waals surface area contributed by atoms with Crippen LogP contribution < -0.4 is 10.6 Å². The lowest BCUT2D eigenvalue weighted by atomic mass is 9.96. The van der Waals surface area contributed by atoms with Crippen LogP contribution in [0.4, 0.5) is 10.1 Å². The van der Waals surface area contributed by atoms with E-state index < -0.39 is 15.8 Å². The van der Waals surface area contributed by atoms with Crippen molar-refractivity contribution in [1.82, 2.24) is 9.62 Å². The molecule has 4 rings (SSSR count). The summed E-state index contributed by atoms with van der Waals surface area (Å²) in [6.45, 7) is 2.34. The summed E-state index contributed by atoms with van der Waals surface area (Å²) in [5.74, 6) is -1.22. The van der Waals surface area contributed by atoms with Crippen LogP contribution >= 0.6 is 31.9 Å². The molecule has 39 heavy (non-hydrogen) atoms. The summed E-state index contributed by atoms with van der Waals surface area (Å²) in [6.07, 6.45) is 0.737. The summed E-state index contributed by atoms with van der Waals surface area (Å²) in [4.78, 5) is 25.6. The van der Waals surface area contributed by atoms with Gasteiger partial charge in [-0.15, -0.1) is 0 Å². The van der Waals surface area contributed by atoms with E-state index in [2.05, 4.69) is 42.5 Å². The molecule has 1 heterocycles. The number of carbonyl (C=O) groups excluding carboxylic acids is 2. The number of sulfonamides is 1. The normalized spacial score (nSPS) is 15.5. The molecule has 1 aliphatic rings. The van der Waals surface area contributed by atoms with Gasteiger partial charge in [-0.1, -0.05) is 46.3 Å². The lowest BCUT2D eigenvalue weighted by molar-refractivity contribution is -0.126. The molecule has 0 saturated carbocycles. The molecule has 1 unspecified atom stereocenters. The first kappa shape index (κ1) is 29.4. The lowest BCUT2D eigenvalue weighted by Crippen LogP contribution is -2.43. The molecule has 1 saturated heterocycles. The molecule has 1 aliphatic heterocycles. The third-order valence-electron chi connectivity index (χ3n) is 6.67. The second-order valence-corrected chi connectivity index (χ2v) is 13.1. The standard InChI is InChI=1S/C28H28Br2FN3O4S/c1-18(20-6-4-7-23(15-20)33-27(35)16-21-5-2-3-8-25(21)31)32-28(36)19-11-13-34(14-12-19)39(37,38)26-17-22(29)9-10-24(26)30/h2-10,15,17-19H,11-14,16H2,1H3,(H,32,36)(H,33,35). The van der Waals surface area contributed by atoms with Gasteiger partial charge in [0.25, 0.3) is 0 Å². The molecule has 3 aromatic rings. The molecule has 0 aliphatic carbocycles. The third kappa shape index (κ3) is 7.33. The Morgan fingerprint density at radius 3 is 2.46 bits per heavy atom. The SMILES string of the molecule is CC(NC(=O)C1CCN(S(=O)(=O)c2cc(Br)ccc2Br)CC1)c1cccc(NC(=O)Cc2ccccc2F)c1. The number of anilines is 1. The van der Waals surface area contributed by atoms with E-state index in [0.29, 0.717) is 33.0 Å². The Kier molecular flexibility index (Phi) is 9.58. The Hall–Kier alpha value is -2.60. The van der Waals surface area contributed by atoms with Crippen LogP contribution in [0.15, 0.2) is 80.6 Å². The summed E-state index contributed by atoms with van der Waals surface area (Å²) in [7, 11) is -3.70. The highest BCUT2D eigenvalue weighted by Crippen LogP contribution is 2.31. The highest BCUT2D eigenvalue weighted by atomic mass is 79.9. The summed E-state index contributed by atoms with van der Waals surface area (Å²) in [5, 5.41) is 5.80. The van der Waals surface area contributed by atoms with Crippen molar-refractivity contribution >= 4 is 59.4 Å². The van der Waals surface area contributed by atoms with E-state index in [1.54, 1.807) is 54.6 Å². The first-order valence-corrected chi connectivity index (χ1v) is 15.5. The average Bonchev–Trinajstić information content (AvgIpc) is 2.91. The Morgan fingerprint density at radius 2 is 1.74 bits per heavy atom. The van der Waals surface area contributed by atoms with Gasteiger partial charge in [0, 0.05) is 33.6 Å². The molecule has 1 fully saturated rings. The third-order valence-corrected chi connectivity index (χ3v) is 10.1. The number of nitrogens with one attached hydrogen (secondary N) is 2. The zero-order chi connectivity index (χ0) is 28.2. The first-order valence-electron chi connectivity index (χ1n) is 12.4. The van der Waals surface area contributed by atoms with Gasteiger partial charge in [0.1, 0.15) is 5.82 Å². The second kappa shape index (κ2) is 12.7. The molecule has 11 heteroatoms. The number of amides is 2. The van der Waals surface area contributed by atoms with Gasteiger partial charge in [-0.25, -0.2) is 12.8 Å².